The Morgan fingerprint density at radius 2 is 2.03 bits per heavy atom. The summed E-state index contributed by atoms with van der Waals surface area (Å²) in [4.78, 5) is 41.9. The molecule has 1 fully saturated rings. The molecule has 0 saturated carbocycles. The van der Waals surface area contributed by atoms with E-state index < -0.39 is 0 Å². The minimum Gasteiger partial charge on any atom is -0.496 e. The summed E-state index contributed by atoms with van der Waals surface area (Å²) in [6.07, 6.45) is 1.50. The van der Waals surface area contributed by atoms with Crippen LogP contribution < -0.4 is 15.6 Å². The minimum atomic E-state index is -0.263. The second kappa shape index (κ2) is 9.82. The van der Waals surface area contributed by atoms with Crippen LogP contribution in [0.3, 0.4) is 0 Å². The van der Waals surface area contributed by atoms with Gasteiger partial charge in [0.25, 0.3) is 11.5 Å². The van der Waals surface area contributed by atoms with Crippen molar-refractivity contribution in [1.82, 2.24) is 19.7 Å². The van der Waals surface area contributed by atoms with E-state index >= 15 is 0 Å². The van der Waals surface area contributed by atoms with Crippen LogP contribution in [0.15, 0.2) is 27.4 Å². The van der Waals surface area contributed by atoms with Gasteiger partial charge in [-0.05, 0) is 32.0 Å². The fourth-order valence-corrected chi connectivity index (χ4v) is 4.62. The lowest BCUT2D eigenvalue weighted by molar-refractivity contribution is -0.123. The first kappa shape index (κ1) is 23.1. The number of pyridine rings is 1. The van der Waals surface area contributed by atoms with E-state index in [0.717, 1.165) is 37.6 Å². The van der Waals surface area contributed by atoms with E-state index in [9.17, 15) is 14.4 Å². The second-order valence-electron chi connectivity index (χ2n) is 8.83. The van der Waals surface area contributed by atoms with Crippen molar-refractivity contribution in [2.45, 2.75) is 39.2 Å². The van der Waals surface area contributed by atoms with Crippen molar-refractivity contribution in [3.05, 3.63) is 51.3 Å². The zero-order chi connectivity index (χ0) is 23.5. The summed E-state index contributed by atoms with van der Waals surface area (Å²) in [6.45, 7) is 7.81. The molecule has 2 aromatic rings. The van der Waals surface area contributed by atoms with Gasteiger partial charge in [0.2, 0.25) is 5.91 Å². The summed E-state index contributed by atoms with van der Waals surface area (Å²) >= 11 is 0. The summed E-state index contributed by atoms with van der Waals surface area (Å²) in [6, 6.07) is 5.40. The number of ether oxygens (including phenoxy) is 1. The summed E-state index contributed by atoms with van der Waals surface area (Å²) in [5, 5.41) is 2.74. The van der Waals surface area contributed by atoms with Crippen LogP contribution in [0.1, 0.15) is 46.8 Å². The maximum absolute atomic E-state index is 13.4. The maximum atomic E-state index is 13.4. The number of piperazine rings is 1. The Kier molecular flexibility index (Phi) is 6.88. The predicted molar refractivity (Wildman–Crippen MR) is 123 cm³/mol. The highest BCUT2D eigenvalue weighted by Crippen LogP contribution is 2.26. The van der Waals surface area contributed by atoms with Crippen LogP contribution in [0.5, 0.6) is 5.75 Å². The van der Waals surface area contributed by atoms with Crippen molar-refractivity contribution in [2.24, 2.45) is 0 Å². The van der Waals surface area contributed by atoms with Gasteiger partial charge in [-0.25, -0.2) is 0 Å². The molecule has 0 spiro atoms. The molecule has 33 heavy (non-hydrogen) atoms. The molecule has 4 heterocycles. The first-order valence-electron chi connectivity index (χ1n) is 11.5. The fourth-order valence-electron chi connectivity index (χ4n) is 4.62. The van der Waals surface area contributed by atoms with Crippen molar-refractivity contribution >= 4 is 11.8 Å². The number of methoxy groups -OCH3 is 1. The molecule has 0 aliphatic carbocycles. The fraction of sp³-hybridized carbons (Fsp3) is 0.542. The monoisotopic (exact) mass is 456 g/mol. The zero-order valence-electron chi connectivity index (χ0n) is 19.6. The standard InChI is InChI=1S/C24H32N4O5/c1-16(19-5-4-17(2)33-19)6-9-26-10-7-18-23(24(31)27-11-8-25-21(29)15-27)20(32-3)14-22(30)28(18)13-12-26/h4-5,14,16H,6-13,15H2,1-3H3,(H,25,29). The average Bonchev–Trinajstić information content (AvgIpc) is 3.12. The van der Waals surface area contributed by atoms with Crippen molar-refractivity contribution in [2.75, 3.05) is 46.4 Å². The first-order chi connectivity index (χ1) is 15.9. The molecule has 9 heteroatoms. The van der Waals surface area contributed by atoms with Gasteiger partial charge in [0.05, 0.1) is 13.7 Å². The van der Waals surface area contributed by atoms with E-state index in [1.165, 1.54) is 18.1 Å². The molecule has 0 bridgehead atoms. The number of rotatable bonds is 6. The van der Waals surface area contributed by atoms with E-state index in [2.05, 4.69) is 17.1 Å². The van der Waals surface area contributed by atoms with Crippen LogP contribution in [0.4, 0.5) is 0 Å². The van der Waals surface area contributed by atoms with Crippen molar-refractivity contribution in [3.8, 4) is 5.75 Å². The van der Waals surface area contributed by atoms with Crippen LogP contribution in [-0.4, -0.2) is 72.6 Å². The SMILES string of the molecule is COc1cc(=O)n2c(c1C(=O)N1CCNC(=O)C1)CCN(CCC(C)c1ccc(C)o1)CC2. The summed E-state index contributed by atoms with van der Waals surface area (Å²) in [7, 11) is 1.46. The number of aryl methyl sites for hydroxylation is 1. The lowest BCUT2D eigenvalue weighted by Gasteiger charge is -2.28. The molecule has 1 saturated heterocycles. The van der Waals surface area contributed by atoms with Crippen LogP contribution in [-0.2, 0) is 17.8 Å². The molecule has 2 aliphatic heterocycles. The molecular formula is C24H32N4O5. The van der Waals surface area contributed by atoms with Crippen molar-refractivity contribution in [3.63, 3.8) is 0 Å². The highest BCUT2D eigenvalue weighted by Gasteiger charge is 2.30. The largest absolute Gasteiger partial charge is 0.496 e. The molecule has 178 valence electrons. The van der Waals surface area contributed by atoms with Gasteiger partial charge in [0, 0.05) is 56.8 Å². The Hall–Kier alpha value is -3.07. The molecule has 1 N–H and O–H groups in total. The molecule has 2 aliphatic rings. The Balaban J connectivity index is 1.52. The number of hydrogen-bond donors (Lipinski definition) is 1. The number of hydrogen-bond acceptors (Lipinski definition) is 6. The predicted octanol–water partition coefficient (Wildman–Crippen LogP) is 1.38. The Morgan fingerprint density at radius 1 is 1.21 bits per heavy atom. The quantitative estimate of drug-likeness (QED) is 0.706. The van der Waals surface area contributed by atoms with Crippen LogP contribution in [0.25, 0.3) is 0 Å². The number of amides is 2. The maximum Gasteiger partial charge on any atom is 0.259 e. The molecule has 1 unspecified atom stereocenters. The summed E-state index contributed by atoms with van der Waals surface area (Å²) < 4.78 is 12.9. The molecule has 2 aromatic heterocycles. The van der Waals surface area contributed by atoms with Gasteiger partial charge in [-0.2, -0.15) is 0 Å². The van der Waals surface area contributed by atoms with E-state index in [1.807, 2.05) is 19.1 Å². The third-order valence-corrected chi connectivity index (χ3v) is 6.57. The average molecular weight is 457 g/mol. The summed E-state index contributed by atoms with van der Waals surface area (Å²) in [5.41, 5.74) is 0.914. The lowest BCUT2D eigenvalue weighted by atomic mass is 10.0. The highest BCUT2D eigenvalue weighted by atomic mass is 16.5. The molecule has 1 atom stereocenters. The van der Waals surface area contributed by atoms with Gasteiger partial charge in [-0.3, -0.25) is 14.4 Å². The molecular weight excluding hydrogens is 424 g/mol. The minimum absolute atomic E-state index is 0.0107. The van der Waals surface area contributed by atoms with Gasteiger partial charge >= 0.3 is 0 Å². The molecule has 4 rings (SSSR count). The Labute approximate surface area is 193 Å². The number of nitrogens with zero attached hydrogens (tertiary/aromatic N) is 3. The number of nitrogens with one attached hydrogen (secondary N) is 1. The number of furan rings is 1. The van der Waals surface area contributed by atoms with Crippen LogP contribution in [0.2, 0.25) is 0 Å². The highest BCUT2D eigenvalue weighted by molar-refractivity contribution is 6.00. The van der Waals surface area contributed by atoms with Crippen molar-refractivity contribution < 1.29 is 18.7 Å². The number of carbonyl (C=O) groups is 2. The summed E-state index contributed by atoms with van der Waals surface area (Å²) in [5.74, 6) is 2.04. The topological polar surface area (TPSA) is 97.0 Å². The number of carbonyl (C=O) groups excluding carboxylic acids is 2. The van der Waals surface area contributed by atoms with E-state index in [-0.39, 0.29) is 29.7 Å². The van der Waals surface area contributed by atoms with E-state index in [4.69, 9.17) is 9.15 Å². The lowest BCUT2D eigenvalue weighted by Crippen LogP contribution is -2.50. The van der Waals surface area contributed by atoms with Gasteiger partial charge in [-0.1, -0.05) is 6.92 Å². The third kappa shape index (κ3) is 4.98. The Morgan fingerprint density at radius 3 is 2.73 bits per heavy atom. The van der Waals surface area contributed by atoms with Crippen molar-refractivity contribution in [1.29, 1.82) is 0 Å². The zero-order valence-corrected chi connectivity index (χ0v) is 19.6. The molecule has 2 amide bonds. The second-order valence-corrected chi connectivity index (χ2v) is 8.83. The molecule has 0 aromatic carbocycles. The smallest absolute Gasteiger partial charge is 0.259 e. The van der Waals surface area contributed by atoms with Crippen LogP contribution in [0, 0.1) is 6.92 Å². The Bertz CT molecular complexity index is 1090. The van der Waals surface area contributed by atoms with E-state index in [1.54, 1.807) is 4.57 Å². The number of fused-ring (bicyclic) bond motifs is 1. The molecule has 0 radical (unpaired) electrons. The van der Waals surface area contributed by atoms with E-state index in [0.29, 0.717) is 43.2 Å². The van der Waals surface area contributed by atoms with Gasteiger partial charge in [0.15, 0.2) is 0 Å². The van der Waals surface area contributed by atoms with Gasteiger partial charge < -0.3 is 28.8 Å². The number of aromatic nitrogens is 1. The first-order valence-corrected chi connectivity index (χ1v) is 11.5. The van der Waals surface area contributed by atoms with Crippen LogP contribution >= 0.6 is 0 Å². The third-order valence-electron chi connectivity index (χ3n) is 6.57. The normalized spacial score (nSPS) is 17.8. The molecule has 9 nitrogen and oxygen atoms in total. The van der Waals surface area contributed by atoms with Gasteiger partial charge in [-0.15, -0.1) is 0 Å². The van der Waals surface area contributed by atoms with Gasteiger partial charge in [0.1, 0.15) is 22.8 Å².